The lowest BCUT2D eigenvalue weighted by molar-refractivity contribution is -0.116. The van der Waals surface area contributed by atoms with Crippen molar-refractivity contribution >= 4 is 23.2 Å². The summed E-state index contributed by atoms with van der Waals surface area (Å²) < 4.78 is 1.73. The summed E-state index contributed by atoms with van der Waals surface area (Å²) in [6.45, 7) is 2.18. The molecule has 0 saturated carbocycles. The van der Waals surface area contributed by atoms with Crippen LogP contribution in [0.15, 0.2) is 24.4 Å². The molecule has 1 aromatic carbocycles. The topological polar surface area (TPSA) is 46.9 Å². The molecule has 0 unspecified atom stereocenters. The first-order valence-electron chi connectivity index (χ1n) is 7.23. The fourth-order valence-electron chi connectivity index (χ4n) is 2.67. The maximum absolute atomic E-state index is 12.1. The van der Waals surface area contributed by atoms with Gasteiger partial charge in [-0.2, -0.15) is 5.10 Å². The second-order valence-corrected chi connectivity index (χ2v) is 5.94. The van der Waals surface area contributed by atoms with Gasteiger partial charge in [-0.05, 0) is 55.9 Å². The number of carbonyl (C=O) groups is 1. The molecule has 1 aliphatic carbocycles. The minimum Gasteiger partial charge on any atom is -0.323 e. The zero-order valence-corrected chi connectivity index (χ0v) is 12.8. The molecular weight excluding hydrogens is 286 g/mol. The van der Waals surface area contributed by atoms with Crippen molar-refractivity contribution in [2.75, 3.05) is 5.32 Å². The first-order chi connectivity index (χ1) is 10.1. The molecule has 1 N–H and O–H groups in total. The first-order valence-corrected chi connectivity index (χ1v) is 7.61. The smallest absolute Gasteiger partial charge is 0.246 e. The van der Waals surface area contributed by atoms with Crippen LogP contribution in [-0.2, 0) is 24.2 Å². The van der Waals surface area contributed by atoms with Crippen LogP contribution >= 0.6 is 11.6 Å². The second kappa shape index (κ2) is 5.90. The Labute approximate surface area is 129 Å². The van der Waals surface area contributed by atoms with E-state index in [1.165, 1.54) is 18.4 Å². The van der Waals surface area contributed by atoms with Gasteiger partial charge in [-0.3, -0.25) is 9.48 Å². The van der Waals surface area contributed by atoms with Crippen molar-refractivity contribution in [2.24, 2.45) is 0 Å². The fourth-order valence-corrected chi connectivity index (χ4v) is 2.95. The van der Waals surface area contributed by atoms with E-state index in [1.807, 2.05) is 31.3 Å². The highest BCUT2D eigenvalue weighted by Crippen LogP contribution is 2.23. The molecule has 2 aromatic rings. The summed E-state index contributed by atoms with van der Waals surface area (Å²) in [6.07, 6.45) is 6.48. The van der Waals surface area contributed by atoms with Gasteiger partial charge in [-0.15, -0.1) is 0 Å². The van der Waals surface area contributed by atoms with E-state index in [0.29, 0.717) is 10.7 Å². The van der Waals surface area contributed by atoms with Gasteiger partial charge in [0, 0.05) is 6.20 Å². The molecule has 0 spiro atoms. The Morgan fingerprint density at radius 2 is 2.19 bits per heavy atom. The highest BCUT2D eigenvalue weighted by Gasteiger charge is 2.15. The lowest BCUT2D eigenvalue weighted by atomic mass is 9.99. The van der Waals surface area contributed by atoms with E-state index >= 15 is 0 Å². The largest absolute Gasteiger partial charge is 0.323 e. The molecule has 21 heavy (non-hydrogen) atoms. The number of aromatic nitrogens is 2. The quantitative estimate of drug-likeness (QED) is 0.945. The summed E-state index contributed by atoms with van der Waals surface area (Å²) in [7, 11) is 0. The number of rotatable bonds is 3. The third-order valence-electron chi connectivity index (χ3n) is 3.74. The number of fused-ring (bicyclic) bond motifs is 1. The lowest BCUT2D eigenvalue weighted by Gasteiger charge is -2.08. The molecule has 3 rings (SSSR count). The third-order valence-corrected chi connectivity index (χ3v) is 4.05. The SMILES string of the molecule is Cc1ccc(NC(=O)Cn2cc3c(n2)CCCC3)c(Cl)c1. The Bertz CT molecular complexity index is 655. The molecule has 4 nitrogen and oxygen atoms in total. The molecule has 0 atom stereocenters. The highest BCUT2D eigenvalue weighted by molar-refractivity contribution is 6.33. The molecule has 0 radical (unpaired) electrons. The highest BCUT2D eigenvalue weighted by atomic mass is 35.5. The molecule has 1 aliphatic rings. The van der Waals surface area contributed by atoms with Crippen molar-refractivity contribution in [3.05, 3.63) is 46.2 Å². The maximum atomic E-state index is 12.1. The number of hydrogen-bond donors (Lipinski definition) is 1. The number of nitrogens with zero attached hydrogens (tertiary/aromatic N) is 2. The van der Waals surface area contributed by atoms with Crippen LogP contribution in [-0.4, -0.2) is 15.7 Å². The van der Waals surface area contributed by atoms with Gasteiger partial charge in [-0.25, -0.2) is 0 Å². The normalized spacial score (nSPS) is 13.8. The summed E-state index contributed by atoms with van der Waals surface area (Å²) in [5.41, 5.74) is 4.13. The average molecular weight is 304 g/mol. The summed E-state index contributed by atoms with van der Waals surface area (Å²) in [6, 6.07) is 5.58. The number of hydrogen-bond acceptors (Lipinski definition) is 2. The molecule has 0 saturated heterocycles. The van der Waals surface area contributed by atoms with Crippen LogP contribution in [0, 0.1) is 6.92 Å². The predicted molar refractivity (Wildman–Crippen MR) is 83.7 cm³/mol. The summed E-state index contributed by atoms with van der Waals surface area (Å²) in [5, 5.41) is 7.88. The van der Waals surface area contributed by atoms with Crippen LogP contribution in [0.4, 0.5) is 5.69 Å². The van der Waals surface area contributed by atoms with Gasteiger partial charge in [0.25, 0.3) is 0 Å². The van der Waals surface area contributed by atoms with Crippen LogP contribution in [0.2, 0.25) is 5.02 Å². The molecular formula is C16H18ClN3O. The molecule has 0 bridgehead atoms. The molecule has 1 amide bonds. The number of anilines is 1. The Balaban J connectivity index is 1.67. The Hall–Kier alpha value is -1.81. The Morgan fingerprint density at radius 1 is 1.38 bits per heavy atom. The van der Waals surface area contributed by atoms with Gasteiger partial charge in [0.05, 0.1) is 16.4 Å². The van der Waals surface area contributed by atoms with E-state index in [0.717, 1.165) is 24.1 Å². The van der Waals surface area contributed by atoms with Crippen LogP contribution in [0.5, 0.6) is 0 Å². The molecule has 1 heterocycles. The number of benzene rings is 1. The number of aryl methyl sites for hydroxylation is 3. The van der Waals surface area contributed by atoms with Crippen LogP contribution in [0.1, 0.15) is 29.7 Å². The minimum atomic E-state index is -0.111. The van der Waals surface area contributed by atoms with E-state index in [-0.39, 0.29) is 12.5 Å². The lowest BCUT2D eigenvalue weighted by Crippen LogP contribution is -2.19. The van der Waals surface area contributed by atoms with E-state index in [9.17, 15) is 4.79 Å². The van der Waals surface area contributed by atoms with Crippen molar-refractivity contribution in [2.45, 2.75) is 39.2 Å². The van der Waals surface area contributed by atoms with Crippen LogP contribution in [0.25, 0.3) is 0 Å². The van der Waals surface area contributed by atoms with E-state index in [2.05, 4.69) is 10.4 Å². The minimum absolute atomic E-state index is 0.111. The molecule has 1 aromatic heterocycles. The third kappa shape index (κ3) is 3.27. The predicted octanol–water partition coefficient (Wildman–Crippen LogP) is 3.36. The maximum Gasteiger partial charge on any atom is 0.246 e. The number of halogens is 1. The standard InChI is InChI=1S/C16H18ClN3O/c1-11-6-7-15(13(17)8-11)18-16(21)10-20-9-12-4-2-3-5-14(12)19-20/h6-9H,2-5,10H2,1H3,(H,18,21). The molecule has 0 fully saturated rings. The van der Waals surface area contributed by atoms with Gasteiger partial charge >= 0.3 is 0 Å². The van der Waals surface area contributed by atoms with Crippen LogP contribution in [0.3, 0.4) is 0 Å². The second-order valence-electron chi connectivity index (χ2n) is 5.54. The number of nitrogens with one attached hydrogen (secondary N) is 1. The zero-order valence-electron chi connectivity index (χ0n) is 12.0. The van der Waals surface area contributed by atoms with Gasteiger partial charge in [0.15, 0.2) is 0 Å². The monoisotopic (exact) mass is 303 g/mol. The summed E-state index contributed by atoms with van der Waals surface area (Å²) in [4.78, 5) is 12.1. The molecule has 5 heteroatoms. The summed E-state index contributed by atoms with van der Waals surface area (Å²) in [5.74, 6) is -0.111. The Kier molecular flexibility index (Phi) is 3.97. The number of amides is 1. The van der Waals surface area contributed by atoms with Crippen molar-refractivity contribution in [3.63, 3.8) is 0 Å². The fraction of sp³-hybridized carbons (Fsp3) is 0.375. The zero-order chi connectivity index (χ0) is 14.8. The van der Waals surface area contributed by atoms with Crippen LogP contribution < -0.4 is 5.32 Å². The van der Waals surface area contributed by atoms with Crippen molar-refractivity contribution in [1.29, 1.82) is 0 Å². The van der Waals surface area contributed by atoms with E-state index in [1.54, 1.807) is 4.68 Å². The van der Waals surface area contributed by atoms with Crippen molar-refractivity contribution in [1.82, 2.24) is 9.78 Å². The van der Waals surface area contributed by atoms with E-state index < -0.39 is 0 Å². The summed E-state index contributed by atoms with van der Waals surface area (Å²) >= 11 is 6.12. The van der Waals surface area contributed by atoms with Gasteiger partial charge < -0.3 is 5.32 Å². The average Bonchev–Trinajstić information content (AvgIpc) is 2.84. The van der Waals surface area contributed by atoms with Gasteiger partial charge in [0.2, 0.25) is 5.91 Å². The molecule has 110 valence electrons. The van der Waals surface area contributed by atoms with Crippen molar-refractivity contribution < 1.29 is 4.79 Å². The number of carbonyl (C=O) groups excluding carboxylic acids is 1. The van der Waals surface area contributed by atoms with E-state index in [4.69, 9.17) is 11.6 Å². The molecule has 0 aliphatic heterocycles. The van der Waals surface area contributed by atoms with Gasteiger partial charge in [0.1, 0.15) is 6.54 Å². The van der Waals surface area contributed by atoms with Crippen molar-refractivity contribution in [3.8, 4) is 0 Å². The first kappa shape index (κ1) is 14.1. The Morgan fingerprint density at radius 3 is 2.95 bits per heavy atom. The van der Waals surface area contributed by atoms with Gasteiger partial charge in [-0.1, -0.05) is 17.7 Å².